The normalized spacial score (nSPS) is 26.4. The molecule has 0 bridgehead atoms. The molecule has 2 unspecified atom stereocenters. The zero-order chi connectivity index (χ0) is 15.1. The number of piperazine rings is 1. The van der Waals surface area contributed by atoms with Crippen molar-refractivity contribution in [3.8, 4) is 0 Å². The van der Waals surface area contributed by atoms with Crippen molar-refractivity contribution in [3.05, 3.63) is 24.0 Å². The Morgan fingerprint density at radius 2 is 2.18 bits per heavy atom. The van der Waals surface area contributed by atoms with Crippen LogP contribution in [0.2, 0.25) is 0 Å². The number of aliphatic hydroxyl groups excluding tert-OH is 1. The highest BCUT2D eigenvalue weighted by Gasteiger charge is 2.33. The molecule has 5 nitrogen and oxygen atoms in total. The largest absolute Gasteiger partial charge is 0.396 e. The maximum Gasteiger partial charge on any atom is 0.180 e. The molecule has 2 fully saturated rings. The number of piperidine rings is 1. The van der Waals surface area contributed by atoms with Crippen LogP contribution in [0, 0.1) is 11.7 Å². The first-order chi connectivity index (χ1) is 10.7. The van der Waals surface area contributed by atoms with Crippen molar-refractivity contribution in [1.29, 1.82) is 0 Å². The molecular formula is C16H20FN3O2. The fourth-order valence-corrected chi connectivity index (χ4v) is 3.73. The van der Waals surface area contributed by atoms with Crippen molar-refractivity contribution in [2.75, 3.05) is 37.7 Å². The summed E-state index contributed by atoms with van der Waals surface area (Å²) in [5.41, 5.74) is 0.628. The highest BCUT2D eigenvalue weighted by molar-refractivity contribution is 5.88. The van der Waals surface area contributed by atoms with Crippen molar-refractivity contribution < 1.29 is 14.0 Å². The van der Waals surface area contributed by atoms with Crippen LogP contribution in [0.4, 0.5) is 10.2 Å². The molecule has 1 N–H and O–H groups in total. The molecule has 1 aromatic heterocycles. The van der Waals surface area contributed by atoms with Crippen LogP contribution < -0.4 is 4.90 Å². The Balaban J connectivity index is 1.56. The van der Waals surface area contributed by atoms with E-state index in [1.807, 2.05) is 0 Å². The molecule has 0 amide bonds. The predicted octanol–water partition coefficient (Wildman–Crippen LogP) is 1.86. The minimum Gasteiger partial charge on any atom is -0.396 e. The lowest BCUT2D eigenvalue weighted by Crippen LogP contribution is -2.57. The summed E-state index contributed by atoms with van der Waals surface area (Å²) < 4.78 is 18.8. The number of aliphatic hydroxyl groups is 1. The number of nitrogens with zero attached hydrogens (tertiary/aromatic N) is 3. The zero-order valence-corrected chi connectivity index (χ0v) is 12.4. The first-order valence-electron chi connectivity index (χ1n) is 7.89. The molecule has 0 spiro atoms. The van der Waals surface area contributed by atoms with Gasteiger partial charge < -0.3 is 14.5 Å². The first kappa shape index (κ1) is 14.0. The second kappa shape index (κ2) is 5.52. The average Bonchev–Trinajstić information content (AvgIpc) is 2.96. The topological polar surface area (TPSA) is 52.7 Å². The number of fused-ring (bicyclic) bond motifs is 2. The van der Waals surface area contributed by atoms with Crippen molar-refractivity contribution in [1.82, 2.24) is 10.1 Å². The van der Waals surface area contributed by atoms with E-state index in [1.54, 1.807) is 6.07 Å². The van der Waals surface area contributed by atoms with Crippen LogP contribution in [0.3, 0.4) is 0 Å². The maximum atomic E-state index is 13.5. The molecule has 0 radical (unpaired) electrons. The highest BCUT2D eigenvalue weighted by atomic mass is 19.1. The SMILES string of the molecule is OCC1CCC2CN(c3noc4ccc(F)cc34)CCN2C1. The Bertz CT molecular complexity index is 674. The van der Waals surface area contributed by atoms with Crippen molar-refractivity contribution in [2.24, 2.45) is 5.92 Å². The second-order valence-corrected chi connectivity index (χ2v) is 6.37. The molecule has 4 rings (SSSR count). The van der Waals surface area contributed by atoms with Crippen LogP contribution >= 0.6 is 0 Å². The Morgan fingerprint density at radius 1 is 1.27 bits per heavy atom. The fourth-order valence-electron chi connectivity index (χ4n) is 3.73. The van der Waals surface area contributed by atoms with Gasteiger partial charge in [0.05, 0.1) is 5.39 Å². The van der Waals surface area contributed by atoms with Gasteiger partial charge >= 0.3 is 0 Å². The quantitative estimate of drug-likeness (QED) is 0.918. The van der Waals surface area contributed by atoms with Gasteiger partial charge in [-0.3, -0.25) is 4.90 Å². The summed E-state index contributed by atoms with van der Waals surface area (Å²) in [6, 6.07) is 5.00. The molecule has 2 atom stereocenters. The number of rotatable bonds is 2. The summed E-state index contributed by atoms with van der Waals surface area (Å²) in [5.74, 6) is 0.891. The molecule has 2 aliphatic rings. The van der Waals surface area contributed by atoms with E-state index in [9.17, 15) is 9.50 Å². The van der Waals surface area contributed by atoms with E-state index in [0.29, 0.717) is 17.5 Å². The van der Waals surface area contributed by atoms with Gasteiger partial charge in [-0.15, -0.1) is 0 Å². The van der Waals surface area contributed by atoms with E-state index in [1.165, 1.54) is 12.1 Å². The number of hydrogen-bond acceptors (Lipinski definition) is 5. The number of benzene rings is 1. The third-order valence-electron chi connectivity index (χ3n) is 4.98. The molecule has 0 saturated carbocycles. The molecule has 118 valence electrons. The summed E-state index contributed by atoms with van der Waals surface area (Å²) in [6.45, 7) is 3.94. The van der Waals surface area contributed by atoms with Gasteiger partial charge in [-0.05, 0) is 37.0 Å². The van der Waals surface area contributed by atoms with E-state index in [4.69, 9.17) is 4.52 Å². The number of aromatic nitrogens is 1. The summed E-state index contributed by atoms with van der Waals surface area (Å²) in [7, 11) is 0. The van der Waals surface area contributed by atoms with Crippen molar-refractivity contribution >= 4 is 16.8 Å². The average molecular weight is 305 g/mol. The van der Waals surface area contributed by atoms with E-state index >= 15 is 0 Å². The van der Waals surface area contributed by atoms with E-state index in [-0.39, 0.29) is 12.4 Å². The summed E-state index contributed by atoms with van der Waals surface area (Å²) in [4.78, 5) is 4.66. The minimum absolute atomic E-state index is 0.265. The number of hydrogen-bond donors (Lipinski definition) is 1. The third kappa shape index (κ3) is 2.36. The van der Waals surface area contributed by atoms with E-state index in [0.717, 1.165) is 50.2 Å². The predicted molar refractivity (Wildman–Crippen MR) is 81.4 cm³/mol. The first-order valence-corrected chi connectivity index (χ1v) is 7.89. The Morgan fingerprint density at radius 3 is 3.05 bits per heavy atom. The van der Waals surface area contributed by atoms with Crippen LogP contribution in [-0.2, 0) is 0 Å². The van der Waals surface area contributed by atoms with Crippen molar-refractivity contribution in [2.45, 2.75) is 18.9 Å². The second-order valence-electron chi connectivity index (χ2n) is 6.37. The number of halogens is 1. The van der Waals surface area contributed by atoms with E-state index in [2.05, 4.69) is 15.0 Å². The molecular weight excluding hydrogens is 285 g/mol. The number of anilines is 1. The van der Waals surface area contributed by atoms with Crippen LogP contribution in [0.5, 0.6) is 0 Å². The van der Waals surface area contributed by atoms with Crippen LogP contribution in [0.1, 0.15) is 12.8 Å². The molecule has 0 aliphatic carbocycles. The Kier molecular flexibility index (Phi) is 3.50. The minimum atomic E-state index is -0.265. The zero-order valence-electron chi connectivity index (χ0n) is 12.4. The summed E-state index contributed by atoms with van der Waals surface area (Å²) in [6.07, 6.45) is 2.16. The van der Waals surface area contributed by atoms with Gasteiger partial charge in [0, 0.05) is 38.8 Å². The van der Waals surface area contributed by atoms with Gasteiger partial charge in [-0.1, -0.05) is 5.16 Å². The molecule has 2 saturated heterocycles. The Labute approximate surface area is 128 Å². The summed E-state index contributed by atoms with van der Waals surface area (Å²) >= 11 is 0. The van der Waals surface area contributed by atoms with Crippen LogP contribution in [0.25, 0.3) is 11.0 Å². The van der Waals surface area contributed by atoms with Crippen molar-refractivity contribution in [3.63, 3.8) is 0 Å². The lowest BCUT2D eigenvalue weighted by Gasteiger charge is -2.46. The Hall–Kier alpha value is -1.66. The molecule has 2 aromatic rings. The smallest absolute Gasteiger partial charge is 0.180 e. The maximum absolute atomic E-state index is 13.5. The van der Waals surface area contributed by atoms with Crippen LogP contribution in [0.15, 0.2) is 22.7 Å². The van der Waals surface area contributed by atoms with Gasteiger partial charge in [0.2, 0.25) is 0 Å². The van der Waals surface area contributed by atoms with Gasteiger partial charge in [0.25, 0.3) is 0 Å². The lowest BCUT2D eigenvalue weighted by molar-refractivity contribution is 0.0672. The third-order valence-corrected chi connectivity index (χ3v) is 4.98. The molecule has 2 aliphatic heterocycles. The molecule has 1 aromatic carbocycles. The molecule has 6 heteroatoms. The van der Waals surface area contributed by atoms with Gasteiger partial charge in [0.1, 0.15) is 5.82 Å². The highest BCUT2D eigenvalue weighted by Crippen LogP contribution is 2.31. The lowest BCUT2D eigenvalue weighted by atomic mass is 9.91. The van der Waals surface area contributed by atoms with Gasteiger partial charge in [-0.2, -0.15) is 0 Å². The van der Waals surface area contributed by atoms with Gasteiger partial charge in [-0.25, -0.2) is 4.39 Å². The van der Waals surface area contributed by atoms with Gasteiger partial charge in [0.15, 0.2) is 11.4 Å². The monoisotopic (exact) mass is 305 g/mol. The van der Waals surface area contributed by atoms with Crippen LogP contribution in [-0.4, -0.2) is 54.0 Å². The molecule has 3 heterocycles. The van der Waals surface area contributed by atoms with E-state index < -0.39 is 0 Å². The molecule has 22 heavy (non-hydrogen) atoms. The fraction of sp³-hybridized carbons (Fsp3) is 0.562. The standard InChI is InChI=1S/C16H20FN3O2/c17-12-2-4-15-14(7-12)16(18-22-15)20-6-5-19-8-11(10-21)1-3-13(19)9-20/h2,4,7,11,13,21H,1,3,5-6,8-10H2. The summed E-state index contributed by atoms with van der Waals surface area (Å²) in [5, 5.41) is 14.2.